The smallest absolute Gasteiger partial charge is 0.211 e. The van der Waals surface area contributed by atoms with E-state index in [9.17, 15) is 16.8 Å². The van der Waals surface area contributed by atoms with Crippen LogP contribution in [0, 0.1) is 45.3 Å². The van der Waals surface area contributed by atoms with E-state index in [1.165, 1.54) is 8.61 Å². The molecule has 0 aromatic heterocycles. The Balaban J connectivity index is 6.10. The number of nitriles is 4. The largest absolute Gasteiger partial charge is 0.232 e. The van der Waals surface area contributed by atoms with Crippen LogP contribution in [-0.2, 0) is 20.0 Å². The average molecular weight is 681 g/mol. The SMILES string of the molecule is CCCCCC(S(=O)(=O)N(CCCCCCC#N)CCCCCCC#N)S(=O)(=O)N(CCCCCCC#N)CCCCCCC#N. The molecule has 0 rings (SSSR count). The molecule has 0 radical (unpaired) electrons. The number of nitrogens with zero attached hydrogens (tertiary/aromatic N) is 6. The van der Waals surface area contributed by atoms with Crippen LogP contribution in [0.3, 0.4) is 0 Å². The summed E-state index contributed by atoms with van der Waals surface area (Å²) < 4.78 is 58.8. The molecule has 0 aromatic carbocycles. The predicted molar refractivity (Wildman–Crippen MR) is 184 cm³/mol. The monoisotopic (exact) mass is 680 g/mol. The first kappa shape index (κ1) is 43.8. The zero-order chi connectivity index (χ0) is 34.4. The fraction of sp³-hybridized carbons (Fsp3) is 0.882. The maximum atomic E-state index is 14.4. The Bertz CT molecular complexity index is 1010. The van der Waals surface area contributed by atoms with Gasteiger partial charge in [0.1, 0.15) is 0 Å². The van der Waals surface area contributed by atoms with Crippen molar-refractivity contribution in [2.24, 2.45) is 0 Å². The van der Waals surface area contributed by atoms with Gasteiger partial charge in [-0.15, -0.1) is 0 Å². The third-order valence-corrected chi connectivity index (χ3v) is 13.6. The highest BCUT2D eigenvalue weighted by atomic mass is 32.3. The van der Waals surface area contributed by atoms with Crippen LogP contribution < -0.4 is 0 Å². The molecule has 0 unspecified atom stereocenters. The fourth-order valence-electron chi connectivity index (χ4n) is 5.46. The number of sulfonamides is 2. The molecule has 0 fully saturated rings. The van der Waals surface area contributed by atoms with Crippen LogP contribution in [0.5, 0.6) is 0 Å². The molecule has 262 valence electrons. The second-order valence-electron chi connectivity index (χ2n) is 12.1. The van der Waals surface area contributed by atoms with Crippen LogP contribution in [0.25, 0.3) is 0 Å². The topological polar surface area (TPSA) is 170 Å². The highest BCUT2D eigenvalue weighted by Crippen LogP contribution is 2.27. The second kappa shape index (κ2) is 29.0. The number of unbranched alkanes of at least 4 members (excludes halogenated alkanes) is 18. The van der Waals surface area contributed by atoms with Crippen LogP contribution in [0.1, 0.15) is 161 Å². The van der Waals surface area contributed by atoms with E-state index < -0.39 is 24.6 Å². The maximum Gasteiger partial charge on any atom is 0.232 e. The highest BCUT2D eigenvalue weighted by Gasteiger charge is 2.43. The van der Waals surface area contributed by atoms with Crippen LogP contribution in [0.15, 0.2) is 0 Å². The molecule has 0 saturated heterocycles. The van der Waals surface area contributed by atoms with Crippen LogP contribution in [0.4, 0.5) is 0 Å². The van der Waals surface area contributed by atoms with Crippen LogP contribution >= 0.6 is 0 Å². The summed E-state index contributed by atoms with van der Waals surface area (Å²) in [4.78, 5) is 0. The van der Waals surface area contributed by atoms with Crippen molar-refractivity contribution in [3.8, 4) is 24.3 Å². The molecule has 0 N–H and O–H groups in total. The lowest BCUT2D eigenvalue weighted by atomic mass is 10.1. The molecule has 12 heteroatoms. The molecule has 0 aliphatic carbocycles. The summed E-state index contributed by atoms with van der Waals surface area (Å²) >= 11 is 0. The maximum absolute atomic E-state index is 14.4. The molecule has 0 amide bonds. The van der Waals surface area contributed by atoms with Gasteiger partial charge in [0.2, 0.25) is 20.0 Å². The van der Waals surface area contributed by atoms with Gasteiger partial charge in [-0.25, -0.2) is 25.4 Å². The van der Waals surface area contributed by atoms with Gasteiger partial charge in [0.05, 0.1) is 24.3 Å². The molecular formula is C34H60N6O4S2. The molecular weight excluding hydrogens is 621 g/mol. The Morgan fingerprint density at radius 1 is 0.435 bits per heavy atom. The third kappa shape index (κ3) is 20.1. The summed E-state index contributed by atoms with van der Waals surface area (Å²) in [6, 6.07) is 8.55. The minimum Gasteiger partial charge on any atom is -0.211 e. The van der Waals surface area contributed by atoms with E-state index in [0.29, 0.717) is 57.8 Å². The Morgan fingerprint density at radius 2 is 0.717 bits per heavy atom. The molecule has 0 atom stereocenters. The Kier molecular flexibility index (Phi) is 27.6. The van der Waals surface area contributed by atoms with Crippen molar-refractivity contribution in [2.45, 2.75) is 166 Å². The zero-order valence-corrected chi connectivity index (χ0v) is 30.1. The fourth-order valence-corrected chi connectivity index (χ4v) is 10.5. The van der Waals surface area contributed by atoms with Crippen molar-refractivity contribution in [1.82, 2.24) is 8.61 Å². The van der Waals surface area contributed by atoms with Crippen molar-refractivity contribution in [2.75, 3.05) is 26.2 Å². The summed E-state index contributed by atoms with van der Waals surface area (Å²) in [5.74, 6) is 0. The van der Waals surface area contributed by atoms with Gasteiger partial charge in [-0.05, 0) is 57.8 Å². The van der Waals surface area contributed by atoms with E-state index in [-0.39, 0.29) is 32.6 Å². The first-order chi connectivity index (χ1) is 22.2. The van der Waals surface area contributed by atoms with Gasteiger partial charge < -0.3 is 0 Å². The first-order valence-electron chi connectivity index (χ1n) is 17.7. The summed E-state index contributed by atoms with van der Waals surface area (Å²) in [5.41, 5.74) is 0. The predicted octanol–water partition coefficient (Wildman–Crippen LogP) is 8.05. The van der Waals surface area contributed by atoms with Gasteiger partial charge in [-0.3, -0.25) is 0 Å². The van der Waals surface area contributed by atoms with Crippen molar-refractivity contribution >= 4 is 20.0 Å². The van der Waals surface area contributed by atoms with Gasteiger partial charge in [0.15, 0.2) is 4.58 Å². The van der Waals surface area contributed by atoms with Crippen LogP contribution in [-0.4, -0.2) is 56.2 Å². The second-order valence-corrected chi connectivity index (χ2v) is 16.6. The minimum absolute atomic E-state index is 0.0557. The zero-order valence-electron chi connectivity index (χ0n) is 28.5. The standard InChI is InChI=1S/C34H60N6O4S2/c1-2-3-16-25-34(45(41,42)39(30-21-12-4-8-17-26-35)31-22-13-5-9-18-27-36)46(43,44)40(32-23-14-6-10-19-28-37)33-24-15-7-11-20-29-38/h34H,2-25,30-33H2,1H3. The van der Waals surface area contributed by atoms with E-state index in [2.05, 4.69) is 24.3 Å². The van der Waals surface area contributed by atoms with Crippen molar-refractivity contribution < 1.29 is 16.8 Å². The first-order valence-corrected chi connectivity index (χ1v) is 20.7. The van der Waals surface area contributed by atoms with Gasteiger partial charge in [-0.1, -0.05) is 77.6 Å². The summed E-state index contributed by atoms with van der Waals surface area (Å²) in [6.07, 6.45) is 15.9. The van der Waals surface area contributed by atoms with E-state index >= 15 is 0 Å². The Labute approximate surface area is 281 Å². The molecule has 10 nitrogen and oxygen atoms in total. The minimum atomic E-state index is -4.20. The van der Waals surface area contributed by atoms with Crippen molar-refractivity contribution in [3.63, 3.8) is 0 Å². The third-order valence-electron chi connectivity index (χ3n) is 8.21. The normalized spacial score (nSPS) is 11.8. The summed E-state index contributed by atoms with van der Waals surface area (Å²) in [6.45, 7) is 3.03. The Hall–Kier alpha value is -2.22. The molecule has 0 saturated carbocycles. The number of hydrogen-bond donors (Lipinski definition) is 0. The quantitative estimate of drug-likeness (QED) is 0.0642. The van der Waals surface area contributed by atoms with Gasteiger partial charge in [-0.2, -0.15) is 21.0 Å². The molecule has 46 heavy (non-hydrogen) atoms. The average Bonchev–Trinajstić information content (AvgIpc) is 3.03. The van der Waals surface area contributed by atoms with Gasteiger partial charge in [0.25, 0.3) is 0 Å². The molecule has 0 heterocycles. The summed E-state index contributed by atoms with van der Waals surface area (Å²) in [7, 11) is -8.40. The molecule has 0 spiro atoms. The van der Waals surface area contributed by atoms with E-state index in [0.717, 1.165) is 89.9 Å². The van der Waals surface area contributed by atoms with Crippen LogP contribution in [0.2, 0.25) is 0 Å². The highest BCUT2D eigenvalue weighted by molar-refractivity contribution is 8.07. The lowest BCUT2D eigenvalue weighted by Crippen LogP contribution is -2.49. The lowest BCUT2D eigenvalue weighted by molar-refractivity contribution is 0.368. The molecule has 0 bridgehead atoms. The number of hydrogen-bond acceptors (Lipinski definition) is 8. The van der Waals surface area contributed by atoms with Crippen molar-refractivity contribution in [1.29, 1.82) is 21.0 Å². The van der Waals surface area contributed by atoms with E-state index in [1.54, 1.807) is 0 Å². The van der Waals surface area contributed by atoms with Crippen molar-refractivity contribution in [3.05, 3.63) is 0 Å². The Morgan fingerprint density at radius 3 is 0.978 bits per heavy atom. The van der Waals surface area contributed by atoms with Gasteiger partial charge >= 0.3 is 0 Å². The van der Waals surface area contributed by atoms with E-state index in [1.807, 2.05) is 6.92 Å². The molecule has 0 aliphatic rings. The molecule has 0 aromatic rings. The number of rotatable bonds is 32. The lowest BCUT2D eigenvalue weighted by Gasteiger charge is -2.32. The van der Waals surface area contributed by atoms with E-state index in [4.69, 9.17) is 21.0 Å². The summed E-state index contributed by atoms with van der Waals surface area (Å²) in [5, 5.41) is 35.3. The molecule has 0 aliphatic heterocycles. The van der Waals surface area contributed by atoms with Gasteiger partial charge in [0, 0.05) is 51.9 Å².